The summed E-state index contributed by atoms with van der Waals surface area (Å²) in [4.78, 5) is 0. The van der Waals surface area contributed by atoms with E-state index in [0.717, 1.165) is 10.0 Å². The predicted octanol–water partition coefficient (Wildman–Crippen LogP) is 2.63. The fourth-order valence-electron chi connectivity index (χ4n) is 0.780. The summed E-state index contributed by atoms with van der Waals surface area (Å²) in [6, 6.07) is 6.55. The summed E-state index contributed by atoms with van der Waals surface area (Å²) in [6.45, 7) is 0. The summed E-state index contributed by atoms with van der Waals surface area (Å²) in [7, 11) is 0. The molecule has 0 bridgehead atoms. The van der Waals surface area contributed by atoms with Gasteiger partial charge in [0.2, 0.25) is 0 Å². The van der Waals surface area contributed by atoms with E-state index in [1.807, 2.05) is 6.07 Å². The monoisotopic (exact) mass is 244 g/mol. The number of nitriles is 1. The Balaban J connectivity index is 3.06. The van der Waals surface area contributed by atoms with Gasteiger partial charge in [0.25, 0.3) is 0 Å². The number of hydrogen-bond donors (Lipinski definition) is 1. The Hall–Kier alpha value is -0.560. The Kier molecular flexibility index (Phi) is 3.10. The van der Waals surface area contributed by atoms with Gasteiger partial charge in [-0.1, -0.05) is 17.7 Å². The van der Waals surface area contributed by atoms with E-state index in [0.29, 0.717) is 5.02 Å². The lowest BCUT2D eigenvalue weighted by molar-refractivity contribution is 0.925. The molecule has 62 valence electrons. The topological polar surface area (TPSA) is 49.8 Å². The van der Waals surface area contributed by atoms with Crippen molar-refractivity contribution in [1.82, 2.24) is 0 Å². The highest BCUT2D eigenvalue weighted by atomic mass is 79.9. The molecule has 0 radical (unpaired) electrons. The molecule has 0 aliphatic rings. The van der Waals surface area contributed by atoms with E-state index < -0.39 is 6.04 Å². The highest BCUT2D eigenvalue weighted by Crippen LogP contribution is 2.25. The van der Waals surface area contributed by atoms with Crippen LogP contribution in [0.3, 0.4) is 0 Å². The van der Waals surface area contributed by atoms with E-state index in [1.54, 1.807) is 18.2 Å². The number of nitrogens with zero attached hydrogens (tertiary/aromatic N) is 1. The molecule has 0 amide bonds. The van der Waals surface area contributed by atoms with Crippen LogP contribution in [0.25, 0.3) is 0 Å². The molecule has 12 heavy (non-hydrogen) atoms. The van der Waals surface area contributed by atoms with Crippen LogP contribution in [0.5, 0.6) is 0 Å². The van der Waals surface area contributed by atoms with Crippen LogP contribution in [0.4, 0.5) is 0 Å². The zero-order chi connectivity index (χ0) is 9.14. The average Bonchev–Trinajstić information content (AvgIpc) is 2.08. The molecule has 1 atom stereocenters. The molecule has 0 saturated carbocycles. The number of rotatable bonds is 1. The summed E-state index contributed by atoms with van der Waals surface area (Å²) in [5.41, 5.74) is 6.25. The van der Waals surface area contributed by atoms with Gasteiger partial charge >= 0.3 is 0 Å². The van der Waals surface area contributed by atoms with Gasteiger partial charge < -0.3 is 5.73 Å². The van der Waals surface area contributed by atoms with Crippen molar-refractivity contribution in [3.05, 3.63) is 33.3 Å². The minimum Gasteiger partial charge on any atom is -0.312 e. The third-order valence-corrected chi connectivity index (χ3v) is 2.66. The minimum atomic E-state index is -0.585. The molecule has 0 aliphatic heterocycles. The maximum absolute atomic E-state index is 8.53. The Morgan fingerprint density at radius 1 is 1.58 bits per heavy atom. The van der Waals surface area contributed by atoms with Gasteiger partial charge in [0, 0.05) is 4.47 Å². The molecule has 0 fully saturated rings. The zero-order valence-corrected chi connectivity index (χ0v) is 8.43. The zero-order valence-electron chi connectivity index (χ0n) is 6.09. The first kappa shape index (κ1) is 9.53. The Bertz CT molecular complexity index is 332. The van der Waals surface area contributed by atoms with Gasteiger partial charge in [-0.05, 0) is 33.6 Å². The average molecular weight is 246 g/mol. The lowest BCUT2D eigenvalue weighted by Gasteiger charge is -2.03. The van der Waals surface area contributed by atoms with Crippen molar-refractivity contribution in [2.24, 2.45) is 5.73 Å². The number of nitrogens with two attached hydrogens (primary N) is 1. The molecule has 0 aliphatic carbocycles. The predicted molar refractivity (Wildman–Crippen MR) is 51.7 cm³/mol. The molecular weight excluding hydrogens is 239 g/mol. The molecule has 2 nitrogen and oxygen atoms in total. The summed E-state index contributed by atoms with van der Waals surface area (Å²) < 4.78 is 0.757. The maximum Gasteiger partial charge on any atom is 0.118 e. The standard InChI is InChI=1S/C8H6BrClN2/c9-6-3-5(8(12)4-11)1-2-7(6)10/h1-3,8H,12H2/t8-/m0/s1. The summed E-state index contributed by atoms with van der Waals surface area (Å²) >= 11 is 9.00. The Morgan fingerprint density at radius 2 is 2.25 bits per heavy atom. The van der Waals surface area contributed by atoms with Crippen LogP contribution in [0.2, 0.25) is 5.02 Å². The van der Waals surface area contributed by atoms with Crippen LogP contribution in [-0.4, -0.2) is 0 Å². The van der Waals surface area contributed by atoms with Gasteiger partial charge in [0.15, 0.2) is 0 Å². The van der Waals surface area contributed by atoms with Crippen LogP contribution in [0, 0.1) is 11.3 Å². The van der Waals surface area contributed by atoms with E-state index in [4.69, 9.17) is 22.6 Å². The molecule has 1 aromatic rings. The van der Waals surface area contributed by atoms with E-state index in [-0.39, 0.29) is 0 Å². The Labute approximate surface area is 84.1 Å². The van der Waals surface area contributed by atoms with E-state index in [1.165, 1.54) is 0 Å². The van der Waals surface area contributed by atoms with Gasteiger partial charge in [0.1, 0.15) is 6.04 Å². The largest absolute Gasteiger partial charge is 0.312 e. The lowest BCUT2D eigenvalue weighted by Crippen LogP contribution is -2.06. The molecule has 0 spiro atoms. The van der Waals surface area contributed by atoms with Crippen LogP contribution in [0.15, 0.2) is 22.7 Å². The SMILES string of the molecule is N#C[C@H](N)c1ccc(Cl)c(Br)c1. The van der Waals surface area contributed by atoms with Crippen molar-refractivity contribution in [1.29, 1.82) is 5.26 Å². The van der Waals surface area contributed by atoms with Crippen molar-refractivity contribution in [3.8, 4) is 6.07 Å². The first-order chi connectivity index (χ1) is 5.65. The van der Waals surface area contributed by atoms with Gasteiger partial charge in [0.05, 0.1) is 11.1 Å². The van der Waals surface area contributed by atoms with E-state index in [2.05, 4.69) is 15.9 Å². The van der Waals surface area contributed by atoms with E-state index >= 15 is 0 Å². The number of benzene rings is 1. The molecule has 0 aromatic heterocycles. The smallest absolute Gasteiger partial charge is 0.118 e. The molecule has 4 heteroatoms. The fraction of sp³-hybridized carbons (Fsp3) is 0.125. The summed E-state index contributed by atoms with van der Waals surface area (Å²) in [5.74, 6) is 0. The van der Waals surface area contributed by atoms with Crippen molar-refractivity contribution in [3.63, 3.8) is 0 Å². The van der Waals surface area contributed by atoms with E-state index in [9.17, 15) is 0 Å². The molecular formula is C8H6BrClN2. The third-order valence-electron chi connectivity index (χ3n) is 1.44. The second-order valence-corrected chi connectivity index (χ2v) is 3.54. The van der Waals surface area contributed by atoms with Crippen molar-refractivity contribution < 1.29 is 0 Å². The highest BCUT2D eigenvalue weighted by molar-refractivity contribution is 9.10. The van der Waals surface area contributed by atoms with Crippen LogP contribution < -0.4 is 5.73 Å². The van der Waals surface area contributed by atoms with Crippen LogP contribution in [-0.2, 0) is 0 Å². The van der Waals surface area contributed by atoms with Crippen molar-refractivity contribution >= 4 is 27.5 Å². The quantitative estimate of drug-likeness (QED) is 0.827. The molecule has 0 heterocycles. The fourth-order valence-corrected chi connectivity index (χ4v) is 1.29. The molecule has 1 aromatic carbocycles. The second kappa shape index (κ2) is 3.90. The lowest BCUT2D eigenvalue weighted by atomic mass is 10.1. The third kappa shape index (κ3) is 1.98. The normalized spacial score (nSPS) is 12.2. The molecule has 2 N–H and O–H groups in total. The van der Waals surface area contributed by atoms with Gasteiger partial charge in [-0.25, -0.2) is 0 Å². The van der Waals surface area contributed by atoms with Crippen LogP contribution >= 0.6 is 27.5 Å². The first-order valence-electron chi connectivity index (χ1n) is 3.25. The molecule has 0 unspecified atom stereocenters. The van der Waals surface area contributed by atoms with Gasteiger partial charge in [-0.3, -0.25) is 0 Å². The van der Waals surface area contributed by atoms with Gasteiger partial charge in [-0.2, -0.15) is 5.26 Å². The summed E-state index contributed by atoms with van der Waals surface area (Å²) in [5, 5.41) is 9.14. The Morgan fingerprint density at radius 3 is 2.75 bits per heavy atom. The first-order valence-corrected chi connectivity index (χ1v) is 4.42. The van der Waals surface area contributed by atoms with Crippen molar-refractivity contribution in [2.45, 2.75) is 6.04 Å². The maximum atomic E-state index is 8.53. The minimum absolute atomic E-state index is 0.585. The highest BCUT2D eigenvalue weighted by Gasteiger charge is 2.05. The second-order valence-electron chi connectivity index (χ2n) is 2.28. The van der Waals surface area contributed by atoms with Crippen molar-refractivity contribution in [2.75, 3.05) is 0 Å². The molecule has 1 rings (SSSR count). The van der Waals surface area contributed by atoms with Gasteiger partial charge in [-0.15, -0.1) is 0 Å². The summed E-state index contributed by atoms with van der Waals surface area (Å²) in [6.07, 6.45) is 0. The molecule has 0 saturated heterocycles. The number of hydrogen-bond acceptors (Lipinski definition) is 2. The van der Waals surface area contributed by atoms with Crippen LogP contribution in [0.1, 0.15) is 11.6 Å². The number of halogens is 2.